The highest BCUT2D eigenvalue weighted by molar-refractivity contribution is 7.99. The topological polar surface area (TPSA) is 72.3 Å². The number of amides is 1. The van der Waals surface area contributed by atoms with E-state index in [9.17, 15) is 4.79 Å². The number of ether oxygens (including phenoxy) is 1. The van der Waals surface area contributed by atoms with Crippen molar-refractivity contribution in [2.24, 2.45) is 0 Å². The van der Waals surface area contributed by atoms with Gasteiger partial charge < -0.3 is 15.0 Å². The molecule has 0 aliphatic heterocycles. The van der Waals surface area contributed by atoms with Crippen molar-refractivity contribution in [2.75, 3.05) is 30.1 Å². The van der Waals surface area contributed by atoms with Crippen molar-refractivity contribution in [1.82, 2.24) is 14.8 Å². The van der Waals surface area contributed by atoms with E-state index in [0.29, 0.717) is 5.16 Å². The first-order valence-electron chi connectivity index (χ1n) is 10.9. The minimum atomic E-state index is -0.0997. The molecule has 1 aromatic heterocycles. The van der Waals surface area contributed by atoms with Gasteiger partial charge in [-0.25, -0.2) is 0 Å². The summed E-state index contributed by atoms with van der Waals surface area (Å²) in [6.07, 6.45) is 0. The average molecular weight is 474 g/mol. The van der Waals surface area contributed by atoms with E-state index in [4.69, 9.17) is 4.74 Å². The minimum absolute atomic E-state index is 0.0997. The predicted octanol–water partition coefficient (Wildman–Crippen LogP) is 4.95. The molecule has 8 heteroatoms. The van der Waals surface area contributed by atoms with E-state index >= 15 is 0 Å². The number of methoxy groups -OCH3 is 1. The van der Waals surface area contributed by atoms with Gasteiger partial charge in [0.05, 0.1) is 12.9 Å². The number of hydrogen-bond donors (Lipinski definition) is 1. The molecule has 1 heterocycles. The molecule has 1 amide bonds. The average Bonchev–Trinajstić information content (AvgIpc) is 3.24. The van der Waals surface area contributed by atoms with Crippen LogP contribution in [-0.4, -0.2) is 40.6 Å². The summed E-state index contributed by atoms with van der Waals surface area (Å²) in [6.45, 7) is 2.70. The third-order valence-corrected chi connectivity index (χ3v) is 6.24. The molecule has 0 radical (unpaired) electrons. The summed E-state index contributed by atoms with van der Waals surface area (Å²) < 4.78 is 7.15. The summed E-state index contributed by atoms with van der Waals surface area (Å²) in [5.74, 6) is 1.66. The fraction of sp³-hybridized carbons (Fsp3) is 0.192. The SMILES string of the molecule is COc1ccc(-n2c(C)nnc2SCC(=O)Nc2ccc(N(C)Cc3ccccc3)cc2)cc1. The molecule has 174 valence electrons. The molecule has 7 nitrogen and oxygen atoms in total. The van der Waals surface area contributed by atoms with Crippen LogP contribution < -0.4 is 15.0 Å². The first-order chi connectivity index (χ1) is 16.5. The molecule has 3 aromatic carbocycles. The van der Waals surface area contributed by atoms with Gasteiger partial charge in [-0.2, -0.15) is 0 Å². The summed E-state index contributed by atoms with van der Waals surface area (Å²) in [5.41, 5.74) is 4.01. The maximum atomic E-state index is 12.6. The Balaban J connectivity index is 1.34. The van der Waals surface area contributed by atoms with Crippen LogP contribution in [0.2, 0.25) is 0 Å². The number of thioether (sulfide) groups is 1. The fourth-order valence-electron chi connectivity index (χ4n) is 3.54. The number of benzene rings is 3. The summed E-state index contributed by atoms with van der Waals surface area (Å²) in [6, 6.07) is 25.8. The Kier molecular flexibility index (Phi) is 7.49. The summed E-state index contributed by atoms with van der Waals surface area (Å²) in [4.78, 5) is 14.7. The van der Waals surface area contributed by atoms with E-state index in [0.717, 1.165) is 35.2 Å². The molecular formula is C26H27N5O2S. The second kappa shape index (κ2) is 10.9. The van der Waals surface area contributed by atoms with Crippen LogP contribution in [0.3, 0.4) is 0 Å². The molecule has 0 fully saturated rings. The lowest BCUT2D eigenvalue weighted by atomic mass is 10.2. The number of hydrogen-bond acceptors (Lipinski definition) is 6. The van der Waals surface area contributed by atoms with Crippen LogP contribution in [-0.2, 0) is 11.3 Å². The number of anilines is 2. The third kappa shape index (κ3) is 5.77. The largest absolute Gasteiger partial charge is 0.497 e. The van der Waals surface area contributed by atoms with Crippen molar-refractivity contribution in [1.29, 1.82) is 0 Å². The van der Waals surface area contributed by atoms with Crippen LogP contribution in [0.15, 0.2) is 84.0 Å². The van der Waals surface area contributed by atoms with Gasteiger partial charge in [-0.05, 0) is 61.0 Å². The van der Waals surface area contributed by atoms with Crippen LogP contribution in [0.1, 0.15) is 11.4 Å². The molecule has 0 spiro atoms. The quantitative estimate of drug-likeness (QED) is 0.347. The summed E-state index contributed by atoms with van der Waals surface area (Å²) in [5, 5.41) is 12.0. The number of carbonyl (C=O) groups excluding carboxylic acids is 1. The third-order valence-electron chi connectivity index (χ3n) is 5.31. The van der Waals surface area contributed by atoms with Gasteiger partial charge >= 0.3 is 0 Å². The van der Waals surface area contributed by atoms with Gasteiger partial charge in [0.25, 0.3) is 0 Å². The number of aromatic nitrogens is 3. The normalized spacial score (nSPS) is 10.7. The molecule has 0 aliphatic rings. The number of carbonyl (C=O) groups is 1. The Morgan fingerprint density at radius 2 is 1.71 bits per heavy atom. The molecule has 34 heavy (non-hydrogen) atoms. The van der Waals surface area contributed by atoms with E-state index in [1.165, 1.54) is 17.3 Å². The number of nitrogens with zero attached hydrogens (tertiary/aromatic N) is 4. The van der Waals surface area contributed by atoms with Crippen molar-refractivity contribution < 1.29 is 9.53 Å². The molecule has 1 N–H and O–H groups in total. The Hall–Kier alpha value is -3.78. The van der Waals surface area contributed by atoms with E-state index < -0.39 is 0 Å². The minimum Gasteiger partial charge on any atom is -0.497 e. The van der Waals surface area contributed by atoms with Crippen LogP contribution in [0, 0.1) is 6.92 Å². The van der Waals surface area contributed by atoms with E-state index in [-0.39, 0.29) is 11.7 Å². The van der Waals surface area contributed by atoms with E-state index in [1.807, 2.05) is 78.2 Å². The molecule has 0 bridgehead atoms. The molecule has 4 rings (SSSR count). The van der Waals surface area contributed by atoms with Crippen LogP contribution in [0.25, 0.3) is 5.69 Å². The molecule has 0 unspecified atom stereocenters. The van der Waals surface area contributed by atoms with Gasteiger partial charge in [0.2, 0.25) is 5.91 Å². The van der Waals surface area contributed by atoms with E-state index in [2.05, 4.69) is 39.6 Å². The highest BCUT2D eigenvalue weighted by Gasteiger charge is 2.14. The first kappa shape index (κ1) is 23.4. The van der Waals surface area contributed by atoms with Gasteiger partial charge in [0.15, 0.2) is 5.16 Å². The molecule has 0 saturated heterocycles. The second-order valence-corrected chi connectivity index (χ2v) is 8.73. The van der Waals surface area contributed by atoms with Gasteiger partial charge in [-0.3, -0.25) is 9.36 Å². The van der Waals surface area contributed by atoms with Crippen LogP contribution in [0.4, 0.5) is 11.4 Å². The lowest BCUT2D eigenvalue weighted by Gasteiger charge is -2.19. The molecular weight excluding hydrogens is 446 g/mol. The highest BCUT2D eigenvalue weighted by Crippen LogP contribution is 2.24. The van der Waals surface area contributed by atoms with Crippen molar-refractivity contribution in [3.63, 3.8) is 0 Å². The number of nitrogens with one attached hydrogen (secondary N) is 1. The van der Waals surface area contributed by atoms with Crippen molar-refractivity contribution >= 4 is 29.0 Å². The van der Waals surface area contributed by atoms with Crippen molar-refractivity contribution in [2.45, 2.75) is 18.6 Å². The zero-order valence-electron chi connectivity index (χ0n) is 19.4. The molecule has 0 atom stereocenters. The van der Waals surface area contributed by atoms with Gasteiger partial charge in [0, 0.05) is 30.7 Å². The van der Waals surface area contributed by atoms with Gasteiger partial charge in [0.1, 0.15) is 11.6 Å². The fourth-order valence-corrected chi connectivity index (χ4v) is 4.34. The second-order valence-electron chi connectivity index (χ2n) is 7.79. The highest BCUT2D eigenvalue weighted by atomic mass is 32.2. The standard InChI is InChI=1S/C26H27N5O2S/c1-19-28-29-26(31(19)23-13-15-24(33-3)16-14-23)34-18-25(32)27-21-9-11-22(12-10-21)30(2)17-20-7-5-4-6-8-20/h4-16H,17-18H2,1-3H3,(H,27,32). The Labute approximate surface area is 203 Å². The number of rotatable bonds is 9. The Bertz CT molecular complexity index is 1220. The maximum Gasteiger partial charge on any atom is 0.234 e. The van der Waals surface area contributed by atoms with Crippen LogP contribution in [0.5, 0.6) is 5.75 Å². The summed E-state index contributed by atoms with van der Waals surface area (Å²) >= 11 is 1.35. The molecule has 0 saturated carbocycles. The monoisotopic (exact) mass is 473 g/mol. The van der Waals surface area contributed by atoms with Crippen molar-refractivity contribution in [3.8, 4) is 11.4 Å². The molecule has 0 aliphatic carbocycles. The lowest BCUT2D eigenvalue weighted by molar-refractivity contribution is -0.113. The summed E-state index contributed by atoms with van der Waals surface area (Å²) in [7, 11) is 3.69. The predicted molar refractivity (Wildman–Crippen MR) is 137 cm³/mol. The van der Waals surface area contributed by atoms with Gasteiger partial charge in [-0.1, -0.05) is 42.1 Å². The van der Waals surface area contributed by atoms with Crippen LogP contribution >= 0.6 is 11.8 Å². The zero-order valence-corrected chi connectivity index (χ0v) is 20.2. The zero-order chi connectivity index (χ0) is 23.9. The molecule has 4 aromatic rings. The van der Waals surface area contributed by atoms with Gasteiger partial charge in [-0.15, -0.1) is 10.2 Å². The van der Waals surface area contributed by atoms with Crippen molar-refractivity contribution in [3.05, 3.63) is 90.3 Å². The maximum absolute atomic E-state index is 12.6. The Morgan fingerprint density at radius 1 is 1.00 bits per heavy atom. The Morgan fingerprint density at radius 3 is 2.38 bits per heavy atom. The lowest BCUT2D eigenvalue weighted by Crippen LogP contribution is -2.17. The number of aryl methyl sites for hydroxylation is 1. The smallest absolute Gasteiger partial charge is 0.234 e. The van der Waals surface area contributed by atoms with E-state index in [1.54, 1.807) is 7.11 Å². The first-order valence-corrected chi connectivity index (χ1v) is 11.9.